The number of nitrogens with zero attached hydrogens (tertiary/aromatic N) is 1. The zero-order chi connectivity index (χ0) is 14.0. The van der Waals surface area contributed by atoms with Crippen LogP contribution in [0.3, 0.4) is 0 Å². The normalized spacial score (nSPS) is 22.1. The fourth-order valence-electron chi connectivity index (χ4n) is 3.13. The second-order valence-corrected chi connectivity index (χ2v) is 6.52. The molecule has 0 amide bonds. The van der Waals surface area contributed by atoms with Crippen LogP contribution in [-0.2, 0) is 0 Å². The Morgan fingerprint density at radius 1 is 1.47 bits per heavy atom. The van der Waals surface area contributed by atoms with E-state index < -0.39 is 0 Å². The second-order valence-electron chi connectivity index (χ2n) is 5.61. The Balaban J connectivity index is 2.31. The molecule has 2 unspecified atom stereocenters. The molecule has 0 radical (unpaired) electrons. The summed E-state index contributed by atoms with van der Waals surface area (Å²) in [5.41, 5.74) is 6.65. The second kappa shape index (κ2) is 6.33. The topological polar surface area (TPSA) is 29.3 Å². The lowest BCUT2D eigenvalue weighted by Gasteiger charge is -2.35. The van der Waals surface area contributed by atoms with Crippen LogP contribution in [0.1, 0.15) is 38.3 Å². The van der Waals surface area contributed by atoms with Crippen LogP contribution >= 0.6 is 15.9 Å². The van der Waals surface area contributed by atoms with Crippen molar-refractivity contribution in [1.29, 1.82) is 0 Å². The number of benzene rings is 1. The van der Waals surface area contributed by atoms with Gasteiger partial charge in [-0.05, 0) is 43.5 Å². The van der Waals surface area contributed by atoms with E-state index in [1.165, 1.54) is 18.9 Å². The molecule has 1 heterocycles. The number of halogens is 2. The smallest absolute Gasteiger partial charge is 0.128 e. The molecule has 0 aliphatic carbocycles. The van der Waals surface area contributed by atoms with Gasteiger partial charge in [-0.25, -0.2) is 4.39 Å². The first-order valence-electron chi connectivity index (χ1n) is 6.95. The number of likely N-dealkylation sites (tertiary alicyclic amines) is 1. The largest absolute Gasteiger partial charge is 0.329 e. The minimum atomic E-state index is -0.159. The number of hydrogen-bond acceptors (Lipinski definition) is 2. The van der Waals surface area contributed by atoms with Gasteiger partial charge in [0.1, 0.15) is 5.82 Å². The monoisotopic (exact) mass is 328 g/mol. The Kier molecular flexibility index (Phi) is 4.98. The van der Waals surface area contributed by atoms with E-state index in [4.69, 9.17) is 5.73 Å². The molecule has 19 heavy (non-hydrogen) atoms. The van der Waals surface area contributed by atoms with Crippen molar-refractivity contribution in [3.63, 3.8) is 0 Å². The number of rotatable bonds is 4. The molecule has 1 aliphatic rings. The summed E-state index contributed by atoms with van der Waals surface area (Å²) in [6.45, 7) is 5.93. The van der Waals surface area contributed by atoms with Crippen molar-refractivity contribution < 1.29 is 4.39 Å². The first kappa shape index (κ1) is 14.9. The quantitative estimate of drug-likeness (QED) is 0.912. The molecule has 1 aromatic carbocycles. The third-order valence-electron chi connectivity index (χ3n) is 4.05. The molecule has 4 heteroatoms. The van der Waals surface area contributed by atoms with Crippen molar-refractivity contribution in [3.8, 4) is 0 Å². The van der Waals surface area contributed by atoms with Crippen molar-refractivity contribution in [2.45, 2.75) is 38.8 Å². The lowest BCUT2D eigenvalue weighted by Crippen LogP contribution is -2.40. The Hall–Kier alpha value is -0.450. The first-order valence-corrected chi connectivity index (χ1v) is 7.74. The van der Waals surface area contributed by atoms with E-state index in [1.54, 1.807) is 6.07 Å². The molecule has 1 aromatic rings. The molecule has 2 N–H and O–H groups in total. The highest BCUT2D eigenvalue weighted by atomic mass is 79.9. The van der Waals surface area contributed by atoms with E-state index in [9.17, 15) is 4.39 Å². The van der Waals surface area contributed by atoms with Gasteiger partial charge in [0.05, 0.1) is 6.04 Å². The van der Waals surface area contributed by atoms with Crippen LogP contribution in [0.15, 0.2) is 22.7 Å². The summed E-state index contributed by atoms with van der Waals surface area (Å²) in [6.07, 6.45) is 2.36. The van der Waals surface area contributed by atoms with Gasteiger partial charge >= 0.3 is 0 Å². The van der Waals surface area contributed by atoms with Crippen molar-refractivity contribution in [1.82, 2.24) is 4.90 Å². The minimum absolute atomic E-state index is 0.0209. The Morgan fingerprint density at radius 3 is 2.84 bits per heavy atom. The van der Waals surface area contributed by atoms with E-state index in [-0.39, 0.29) is 11.9 Å². The van der Waals surface area contributed by atoms with Crippen molar-refractivity contribution >= 4 is 15.9 Å². The standard InChI is InChI=1S/C15H22BrFN2/c1-10(2)14-4-3-7-19(14)15(9-18)12-8-11(16)5-6-13(12)17/h5-6,8,10,14-15H,3-4,7,9,18H2,1-2H3. The maximum Gasteiger partial charge on any atom is 0.128 e. The molecule has 0 spiro atoms. The number of hydrogen-bond donors (Lipinski definition) is 1. The van der Waals surface area contributed by atoms with Gasteiger partial charge in [-0.2, -0.15) is 0 Å². The van der Waals surface area contributed by atoms with E-state index in [1.807, 2.05) is 6.07 Å². The van der Waals surface area contributed by atoms with Crippen molar-refractivity contribution in [3.05, 3.63) is 34.1 Å². The summed E-state index contributed by atoms with van der Waals surface area (Å²) in [6, 6.07) is 5.60. The van der Waals surface area contributed by atoms with Crippen LogP contribution in [0.2, 0.25) is 0 Å². The Morgan fingerprint density at radius 2 is 2.21 bits per heavy atom. The lowest BCUT2D eigenvalue weighted by molar-refractivity contribution is 0.147. The average Bonchev–Trinajstić information content (AvgIpc) is 2.84. The van der Waals surface area contributed by atoms with Crippen LogP contribution in [0, 0.1) is 11.7 Å². The Labute approximate surface area is 123 Å². The van der Waals surface area contributed by atoms with Crippen LogP contribution < -0.4 is 5.73 Å². The summed E-state index contributed by atoms with van der Waals surface area (Å²) >= 11 is 3.42. The summed E-state index contributed by atoms with van der Waals surface area (Å²) in [5, 5.41) is 0. The molecule has 2 nitrogen and oxygen atoms in total. The van der Waals surface area contributed by atoms with Crippen LogP contribution in [-0.4, -0.2) is 24.0 Å². The van der Waals surface area contributed by atoms with E-state index in [0.717, 1.165) is 11.0 Å². The van der Waals surface area contributed by atoms with Gasteiger partial charge in [-0.3, -0.25) is 4.90 Å². The highest BCUT2D eigenvalue weighted by Crippen LogP contribution is 2.34. The molecule has 1 fully saturated rings. The average molecular weight is 329 g/mol. The molecule has 106 valence electrons. The van der Waals surface area contributed by atoms with Gasteiger partial charge in [0, 0.05) is 22.6 Å². The molecule has 2 atom stereocenters. The SMILES string of the molecule is CC(C)C1CCCN1C(CN)c1cc(Br)ccc1F. The highest BCUT2D eigenvalue weighted by molar-refractivity contribution is 9.10. The molecule has 0 bridgehead atoms. The maximum atomic E-state index is 14.1. The first-order chi connectivity index (χ1) is 9.04. The third-order valence-corrected chi connectivity index (χ3v) is 4.55. The van der Waals surface area contributed by atoms with Crippen LogP contribution in [0.5, 0.6) is 0 Å². The number of nitrogens with two attached hydrogens (primary N) is 1. The van der Waals surface area contributed by atoms with Crippen molar-refractivity contribution in [2.24, 2.45) is 11.7 Å². The summed E-state index contributed by atoms with van der Waals surface area (Å²) in [5.74, 6) is 0.417. The van der Waals surface area contributed by atoms with Crippen LogP contribution in [0.25, 0.3) is 0 Å². The molecular weight excluding hydrogens is 307 g/mol. The van der Waals surface area contributed by atoms with E-state index >= 15 is 0 Å². The Bertz CT molecular complexity index is 436. The molecule has 1 aliphatic heterocycles. The summed E-state index contributed by atoms with van der Waals surface area (Å²) in [4.78, 5) is 2.38. The predicted molar refractivity (Wildman–Crippen MR) is 80.5 cm³/mol. The van der Waals surface area contributed by atoms with Gasteiger partial charge in [-0.1, -0.05) is 29.8 Å². The minimum Gasteiger partial charge on any atom is -0.329 e. The molecule has 1 saturated heterocycles. The zero-order valence-corrected chi connectivity index (χ0v) is 13.2. The highest BCUT2D eigenvalue weighted by Gasteiger charge is 2.33. The van der Waals surface area contributed by atoms with Gasteiger partial charge in [0.15, 0.2) is 0 Å². The fraction of sp³-hybridized carbons (Fsp3) is 0.600. The molecule has 2 rings (SSSR count). The fourth-order valence-corrected chi connectivity index (χ4v) is 3.51. The predicted octanol–water partition coefficient (Wildman–Crippen LogP) is 3.71. The zero-order valence-electron chi connectivity index (χ0n) is 11.6. The van der Waals surface area contributed by atoms with Crippen molar-refractivity contribution in [2.75, 3.05) is 13.1 Å². The van der Waals surface area contributed by atoms with Gasteiger partial charge in [0.2, 0.25) is 0 Å². The maximum absolute atomic E-state index is 14.1. The molecular formula is C15H22BrFN2. The summed E-state index contributed by atoms with van der Waals surface area (Å²) < 4.78 is 15.0. The molecule has 0 saturated carbocycles. The third kappa shape index (κ3) is 3.18. The lowest BCUT2D eigenvalue weighted by atomic mass is 9.98. The van der Waals surface area contributed by atoms with Gasteiger partial charge < -0.3 is 5.73 Å². The summed E-state index contributed by atoms with van der Waals surface area (Å²) in [7, 11) is 0. The van der Waals surface area contributed by atoms with E-state index in [2.05, 4.69) is 34.7 Å². The van der Waals surface area contributed by atoms with Gasteiger partial charge in [0.25, 0.3) is 0 Å². The van der Waals surface area contributed by atoms with E-state index in [0.29, 0.717) is 24.1 Å². The molecule has 0 aromatic heterocycles. The van der Waals surface area contributed by atoms with Gasteiger partial charge in [-0.15, -0.1) is 0 Å². The van der Waals surface area contributed by atoms with Crippen LogP contribution in [0.4, 0.5) is 4.39 Å².